The molecule has 1 aliphatic rings. The highest BCUT2D eigenvalue weighted by Gasteiger charge is 2.24. The van der Waals surface area contributed by atoms with Crippen LogP contribution in [0.4, 0.5) is 0 Å². The van der Waals surface area contributed by atoms with Crippen LogP contribution in [0.5, 0.6) is 0 Å². The van der Waals surface area contributed by atoms with E-state index in [-0.39, 0.29) is 12.1 Å². The van der Waals surface area contributed by atoms with Crippen molar-refractivity contribution in [3.8, 4) is 6.07 Å². The number of nitrogens with zero attached hydrogens (tertiary/aromatic N) is 1. The van der Waals surface area contributed by atoms with Crippen LogP contribution >= 0.6 is 0 Å². The zero-order valence-electron chi connectivity index (χ0n) is 10.1. The van der Waals surface area contributed by atoms with Gasteiger partial charge < -0.3 is 10.5 Å². The molecule has 1 aliphatic carbocycles. The van der Waals surface area contributed by atoms with Crippen molar-refractivity contribution >= 4 is 0 Å². The van der Waals surface area contributed by atoms with Crippen molar-refractivity contribution in [2.45, 2.75) is 44.9 Å². The molecule has 0 heterocycles. The lowest BCUT2D eigenvalue weighted by Crippen LogP contribution is -2.31. The SMILES string of the molecule is Cc1cc(C#N)ccc1COC1CCCC1N. The first-order valence-corrected chi connectivity index (χ1v) is 6.07. The van der Waals surface area contributed by atoms with Crippen LogP contribution < -0.4 is 5.73 Å². The van der Waals surface area contributed by atoms with Crippen molar-refractivity contribution < 1.29 is 4.74 Å². The molecule has 2 N–H and O–H groups in total. The Bertz CT molecular complexity index is 436. The molecule has 0 aromatic heterocycles. The molecule has 0 saturated heterocycles. The van der Waals surface area contributed by atoms with Gasteiger partial charge in [-0.1, -0.05) is 6.07 Å². The highest BCUT2D eigenvalue weighted by molar-refractivity contribution is 5.37. The number of ether oxygens (including phenoxy) is 1. The first-order valence-electron chi connectivity index (χ1n) is 6.07. The van der Waals surface area contributed by atoms with Crippen molar-refractivity contribution in [3.63, 3.8) is 0 Å². The van der Waals surface area contributed by atoms with E-state index in [4.69, 9.17) is 15.7 Å². The summed E-state index contributed by atoms with van der Waals surface area (Å²) in [6, 6.07) is 8.02. The largest absolute Gasteiger partial charge is 0.372 e. The number of nitriles is 1. The Balaban J connectivity index is 1.97. The molecule has 1 fully saturated rings. The van der Waals surface area contributed by atoms with Gasteiger partial charge in [0.1, 0.15) is 0 Å². The molecule has 0 bridgehead atoms. The molecule has 2 atom stereocenters. The Morgan fingerprint density at radius 3 is 2.88 bits per heavy atom. The maximum Gasteiger partial charge on any atom is 0.0991 e. The first kappa shape index (κ1) is 12.1. The molecular weight excluding hydrogens is 212 g/mol. The standard InChI is InChI=1S/C14H18N2O/c1-10-7-11(8-15)5-6-12(10)9-17-14-4-2-3-13(14)16/h5-7,13-14H,2-4,9,16H2,1H3. The molecule has 3 nitrogen and oxygen atoms in total. The lowest BCUT2D eigenvalue weighted by molar-refractivity contribution is 0.0355. The third-order valence-electron chi connectivity index (χ3n) is 3.43. The Morgan fingerprint density at radius 2 is 2.29 bits per heavy atom. The average molecular weight is 230 g/mol. The summed E-state index contributed by atoms with van der Waals surface area (Å²) in [5.41, 5.74) is 8.91. The van der Waals surface area contributed by atoms with Gasteiger partial charge in [-0.2, -0.15) is 5.26 Å². The molecule has 0 aliphatic heterocycles. The molecule has 90 valence electrons. The summed E-state index contributed by atoms with van der Waals surface area (Å²) >= 11 is 0. The van der Waals surface area contributed by atoms with E-state index in [1.54, 1.807) is 0 Å². The molecule has 17 heavy (non-hydrogen) atoms. The maximum atomic E-state index is 8.79. The van der Waals surface area contributed by atoms with Gasteiger partial charge in [0, 0.05) is 6.04 Å². The number of aryl methyl sites for hydroxylation is 1. The molecule has 2 rings (SSSR count). The van der Waals surface area contributed by atoms with Crippen LogP contribution in [0.25, 0.3) is 0 Å². The second-order valence-electron chi connectivity index (χ2n) is 4.70. The summed E-state index contributed by atoms with van der Waals surface area (Å²) in [4.78, 5) is 0. The Morgan fingerprint density at radius 1 is 1.47 bits per heavy atom. The maximum absolute atomic E-state index is 8.79. The summed E-state index contributed by atoms with van der Waals surface area (Å²) in [5, 5.41) is 8.79. The van der Waals surface area contributed by atoms with Gasteiger partial charge in [0.2, 0.25) is 0 Å². The molecule has 2 unspecified atom stereocenters. The topological polar surface area (TPSA) is 59.0 Å². The van der Waals surface area contributed by atoms with Crippen LogP contribution in [-0.2, 0) is 11.3 Å². The van der Waals surface area contributed by atoms with Crippen molar-refractivity contribution in [1.29, 1.82) is 5.26 Å². The van der Waals surface area contributed by atoms with E-state index in [0.29, 0.717) is 12.2 Å². The molecular formula is C14H18N2O. The van der Waals surface area contributed by atoms with Crippen molar-refractivity contribution in [1.82, 2.24) is 0 Å². The minimum absolute atomic E-state index is 0.189. The molecule has 0 radical (unpaired) electrons. The Labute approximate surface area is 102 Å². The zero-order chi connectivity index (χ0) is 12.3. The smallest absolute Gasteiger partial charge is 0.0991 e. The fraction of sp³-hybridized carbons (Fsp3) is 0.500. The molecule has 0 amide bonds. The van der Waals surface area contributed by atoms with Gasteiger partial charge in [-0.15, -0.1) is 0 Å². The number of benzene rings is 1. The van der Waals surface area contributed by atoms with Crippen LogP contribution in [0.1, 0.15) is 36.0 Å². The van der Waals surface area contributed by atoms with Crippen LogP contribution in [0.3, 0.4) is 0 Å². The van der Waals surface area contributed by atoms with Crippen molar-refractivity contribution in [3.05, 3.63) is 34.9 Å². The summed E-state index contributed by atoms with van der Waals surface area (Å²) < 4.78 is 5.85. The highest BCUT2D eigenvalue weighted by atomic mass is 16.5. The monoisotopic (exact) mass is 230 g/mol. The van der Waals surface area contributed by atoms with Crippen LogP contribution in [-0.4, -0.2) is 12.1 Å². The summed E-state index contributed by atoms with van der Waals surface area (Å²) in [6.07, 6.45) is 3.50. The van der Waals surface area contributed by atoms with E-state index in [1.807, 2.05) is 25.1 Å². The van der Waals surface area contributed by atoms with E-state index in [9.17, 15) is 0 Å². The summed E-state index contributed by atoms with van der Waals surface area (Å²) in [7, 11) is 0. The van der Waals surface area contributed by atoms with E-state index >= 15 is 0 Å². The number of hydrogen-bond acceptors (Lipinski definition) is 3. The fourth-order valence-electron chi connectivity index (χ4n) is 2.29. The average Bonchev–Trinajstić information content (AvgIpc) is 2.73. The summed E-state index contributed by atoms with van der Waals surface area (Å²) in [5.74, 6) is 0. The lowest BCUT2D eigenvalue weighted by atomic mass is 10.1. The Hall–Kier alpha value is -1.37. The third-order valence-corrected chi connectivity index (χ3v) is 3.43. The first-order chi connectivity index (χ1) is 8.20. The van der Waals surface area contributed by atoms with Gasteiger partial charge in [0.05, 0.1) is 24.3 Å². The van der Waals surface area contributed by atoms with Gasteiger partial charge in [-0.05, 0) is 49.4 Å². The molecule has 1 saturated carbocycles. The van der Waals surface area contributed by atoms with E-state index in [2.05, 4.69) is 6.07 Å². The predicted octanol–water partition coefficient (Wildman–Crippen LogP) is 2.26. The van der Waals surface area contributed by atoms with E-state index in [1.165, 1.54) is 0 Å². The number of rotatable bonds is 3. The van der Waals surface area contributed by atoms with Gasteiger partial charge in [-0.25, -0.2) is 0 Å². The van der Waals surface area contributed by atoms with Crippen molar-refractivity contribution in [2.24, 2.45) is 5.73 Å². The molecule has 1 aromatic rings. The third kappa shape index (κ3) is 2.85. The van der Waals surface area contributed by atoms with Crippen LogP contribution in [0.2, 0.25) is 0 Å². The second-order valence-corrected chi connectivity index (χ2v) is 4.70. The van der Waals surface area contributed by atoms with E-state index in [0.717, 1.165) is 30.4 Å². The molecule has 1 aromatic carbocycles. The highest BCUT2D eigenvalue weighted by Crippen LogP contribution is 2.22. The zero-order valence-corrected chi connectivity index (χ0v) is 10.1. The van der Waals surface area contributed by atoms with Crippen molar-refractivity contribution in [2.75, 3.05) is 0 Å². The molecule has 3 heteroatoms. The van der Waals surface area contributed by atoms with Gasteiger partial charge in [-0.3, -0.25) is 0 Å². The minimum Gasteiger partial charge on any atom is -0.372 e. The quantitative estimate of drug-likeness (QED) is 0.866. The van der Waals surface area contributed by atoms with E-state index < -0.39 is 0 Å². The normalized spacial score (nSPS) is 23.6. The Kier molecular flexibility index (Phi) is 3.78. The van der Waals surface area contributed by atoms with Gasteiger partial charge in [0.15, 0.2) is 0 Å². The van der Waals surface area contributed by atoms with Crippen LogP contribution in [0.15, 0.2) is 18.2 Å². The van der Waals surface area contributed by atoms with Gasteiger partial charge in [0.25, 0.3) is 0 Å². The second kappa shape index (κ2) is 5.31. The van der Waals surface area contributed by atoms with Crippen LogP contribution in [0, 0.1) is 18.3 Å². The lowest BCUT2D eigenvalue weighted by Gasteiger charge is -2.17. The minimum atomic E-state index is 0.189. The summed E-state index contributed by atoms with van der Waals surface area (Å²) in [6.45, 7) is 2.60. The predicted molar refractivity (Wildman–Crippen MR) is 66.3 cm³/mol. The fourth-order valence-corrected chi connectivity index (χ4v) is 2.29. The number of nitrogens with two attached hydrogens (primary N) is 1. The molecule has 0 spiro atoms. The van der Waals surface area contributed by atoms with Gasteiger partial charge >= 0.3 is 0 Å². The number of hydrogen-bond donors (Lipinski definition) is 1.